The molecule has 2 saturated carbocycles. The summed E-state index contributed by atoms with van der Waals surface area (Å²) in [6.45, 7) is 0.303. The van der Waals surface area contributed by atoms with Gasteiger partial charge in [0, 0.05) is 36.3 Å². The molecule has 0 unspecified atom stereocenters. The molecule has 2 fully saturated rings. The van der Waals surface area contributed by atoms with Gasteiger partial charge in [0.2, 0.25) is 0 Å². The van der Waals surface area contributed by atoms with Gasteiger partial charge < -0.3 is 10.4 Å². The van der Waals surface area contributed by atoms with Crippen molar-refractivity contribution in [2.45, 2.75) is 50.6 Å². The van der Waals surface area contributed by atoms with Crippen LogP contribution in [0, 0.1) is 5.92 Å². The van der Waals surface area contributed by atoms with Crippen molar-refractivity contribution in [3.05, 3.63) is 29.7 Å². The van der Waals surface area contributed by atoms with Crippen molar-refractivity contribution in [2.75, 3.05) is 11.9 Å². The lowest BCUT2D eigenvalue weighted by Gasteiger charge is -2.29. The molecular formula is C18H23ClN4O. The number of hydrogen-bond acceptors (Lipinski definition) is 4. The third-order valence-corrected chi connectivity index (χ3v) is 5.35. The fourth-order valence-electron chi connectivity index (χ4n) is 3.49. The van der Waals surface area contributed by atoms with Crippen LogP contribution in [0.15, 0.2) is 24.5 Å². The Kier molecular flexibility index (Phi) is 4.46. The Morgan fingerprint density at radius 2 is 2.00 bits per heavy atom. The van der Waals surface area contributed by atoms with Crippen LogP contribution in [0.2, 0.25) is 5.15 Å². The zero-order chi connectivity index (χ0) is 16.5. The molecule has 4 rings (SSSR count). The van der Waals surface area contributed by atoms with Crippen LogP contribution in [0.3, 0.4) is 0 Å². The van der Waals surface area contributed by atoms with E-state index in [-0.39, 0.29) is 0 Å². The third kappa shape index (κ3) is 3.42. The van der Waals surface area contributed by atoms with Gasteiger partial charge in [0.15, 0.2) is 0 Å². The summed E-state index contributed by atoms with van der Waals surface area (Å²) in [5, 5.41) is 18.1. The number of anilines is 1. The number of nitrogens with zero attached hydrogens (tertiary/aromatic N) is 3. The first-order chi connectivity index (χ1) is 11.7. The highest BCUT2D eigenvalue weighted by atomic mass is 35.5. The first kappa shape index (κ1) is 15.9. The quantitative estimate of drug-likeness (QED) is 0.806. The Balaban J connectivity index is 1.54. The lowest BCUT2D eigenvalue weighted by atomic mass is 9.86. The number of aliphatic hydroxyl groups excluding tert-OH is 1. The number of nitrogens with one attached hydrogen (secondary N) is 1. The van der Waals surface area contributed by atoms with E-state index in [2.05, 4.69) is 27.2 Å². The number of rotatable bonds is 5. The highest BCUT2D eigenvalue weighted by Gasteiger charge is 2.25. The summed E-state index contributed by atoms with van der Waals surface area (Å²) in [4.78, 5) is 4.25. The van der Waals surface area contributed by atoms with Crippen molar-refractivity contribution in [3.8, 4) is 11.3 Å². The van der Waals surface area contributed by atoms with Crippen molar-refractivity contribution in [1.29, 1.82) is 0 Å². The smallest absolute Gasteiger partial charge is 0.131 e. The van der Waals surface area contributed by atoms with Crippen LogP contribution in [-0.4, -0.2) is 32.5 Å². The molecule has 0 bridgehead atoms. The van der Waals surface area contributed by atoms with Gasteiger partial charge in [-0.3, -0.25) is 4.68 Å². The minimum absolute atomic E-state index is 0.303. The molecule has 0 aliphatic heterocycles. The van der Waals surface area contributed by atoms with E-state index in [9.17, 15) is 5.11 Å². The maximum Gasteiger partial charge on any atom is 0.131 e. The van der Waals surface area contributed by atoms with Gasteiger partial charge in [0.05, 0.1) is 11.7 Å². The average Bonchev–Trinajstić information content (AvgIpc) is 3.34. The van der Waals surface area contributed by atoms with Gasteiger partial charge in [-0.15, -0.1) is 0 Å². The largest absolute Gasteiger partial charge is 0.396 e. The molecule has 0 saturated heterocycles. The maximum atomic E-state index is 9.29. The second-order valence-electron chi connectivity index (χ2n) is 7.01. The second kappa shape index (κ2) is 6.73. The summed E-state index contributed by atoms with van der Waals surface area (Å²) in [6.07, 6.45) is 10.6. The molecule has 2 aromatic heterocycles. The van der Waals surface area contributed by atoms with Gasteiger partial charge in [-0.25, -0.2) is 4.98 Å². The van der Waals surface area contributed by atoms with E-state index >= 15 is 0 Å². The minimum Gasteiger partial charge on any atom is -0.396 e. The molecule has 2 aliphatic carbocycles. The number of aromatic nitrogens is 3. The molecule has 2 N–H and O–H groups in total. The Bertz CT molecular complexity index is 705. The van der Waals surface area contributed by atoms with Crippen LogP contribution in [0.25, 0.3) is 11.3 Å². The van der Waals surface area contributed by atoms with Gasteiger partial charge >= 0.3 is 0 Å². The molecule has 5 nitrogen and oxygen atoms in total. The van der Waals surface area contributed by atoms with E-state index in [0.717, 1.165) is 42.6 Å². The Hall–Kier alpha value is -1.59. The molecule has 6 heteroatoms. The van der Waals surface area contributed by atoms with Crippen molar-refractivity contribution < 1.29 is 5.11 Å². The van der Waals surface area contributed by atoms with E-state index in [4.69, 9.17) is 16.7 Å². The van der Waals surface area contributed by atoms with E-state index in [1.54, 1.807) is 0 Å². The van der Waals surface area contributed by atoms with Crippen LogP contribution >= 0.6 is 11.6 Å². The predicted molar refractivity (Wildman–Crippen MR) is 95.2 cm³/mol. The topological polar surface area (TPSA) is 63.0 Å². The van der Waals surface area contributed by atoms with Crippen molar-refractivity contribution >= 4 is 17.3 Å². The van der Waals surface area contributed by atoms with Crippen LogP contribution in [0.1, 0.15) is 44.6 Å². The molecule has 0 spiro atoms. The second-order valence-corrected chi connectivity index (χ2v) is 7.40. The highest BCUT2D eigenvalue weighted by molar-refractivity contribution is 6.29. The van der Waals surface area contributed by atoms with Crippen LogP contribution in [-0.2, 0) is 0 Å². The van der Waals surface area contributed by atoms with E-state index in [1.807, 2.05) is 12.3 Å². The number of halogens is 1. The van der Waals surface area contributed by atoms with Crippen LogP contribution in [0.4, 0.5) is 5.69 Å². The molecule has 0 amide bonds. The van der Waals surface area contributed by atoms with Crippen LogP contribution in [0.5, 0.6) is 0 Å². The van der Waals surface area contributed by atoms with Gasteiger partial charge in [-0.2, -0.15) is 5.10 Å². The number of aliphatic hydroxyl groups is 1. The van der Waals surface area contributed by atoms with E-state index < -0.39 is 0 Å². The summed E-state index contributed by atoms with van der Waals surface area (Å²) in [6, 6.07) is 4.93. The van der Waals surface area contributed by atoms with Crippen molar-refractivity contribution in [2.24, 2.45) is 5.92 Å². The lowest BCUT2D eigenvalue weighted by molar-refractivity contribution is 0.186. The summed E-state index contributed by atoms with van der Waals surface area (Å²) in [5.74, 6) is 0.456. The highest BCUT2D eigenvalue weighted by Crippen LogP contribution is 2.36. The number of pyridine rings is 1. The third-order valence-electron chi connectivity index (χ3n) is 5.14. The van der Waals surface area contributed by atoms with Gasteiger partial charge in [-0.05, 0) is 56.6 Å². The molecule has 2 aliphatic rings. The first-order valence-corrected chi connectivity index (χ1v) is 9.19. The molecule has 0 aromatic carbocycles. The van der Waals surface area contributed by atoms with Gasteiger partial charge in [-0.1, -0.05) is 11.6 Å². The maximum absolute atomic E-state index is 9.29. The molecule has 2 aromatic rings. The van der Waals surface area contributed by atoms with Crippen molar-refractivity contribution in [1.82, 2.24) is 14.8 Å². The molecule has 24 heavy (non-hydrogen) atoms. The predicted octanol–water partition coefficient (Wildman–Crippen LogP) is 3.90. The fraction of sp³-hybridized carbons (Fsp3) is 0.556. The Morgan fingerprint density at radius 1 is 1.21 bits per heavy atom. The summed E-state index contributed by atoms with van der Waals surface area (Å²) in [7, 11) is 0. The minimum atomic E-state index is 0.303. The Morgan fingerprint density at radius 3 is 2.71 bits per heavy atom. The zero-order valence-corrected chi connectivity index (χ0v) is 14.4. The summed E-state index contributed by atoms with van der Waals surface area (Å²) in [5.41, 5.74) is 2.95. The molecule has 128 valence electrons. The monoisotopic (exact) mass is 346 g/mol. The fourth-order valence-corrected chi connectivity index (χ4v) is 3.64. The lowest BCUT2D eigenvalue weighted by Crippen LogP contribution is -2.27. The van der Waals surface area contributed by atoms with Crippen molar-refractivity contribution in [3.63, 3.8) is 0 Å². The number of hydrogen-bond donors (Lipinski definition) is 2. The SMILES string of the molecule is OCC1CCC(Nc2cc(Cl)ncc2-c2ccn(C3CC3)n2)CC1. The average molecular weight is 347 g/mol. The summed E-state index contributed by atoms with van der Waals surface area (Å²) < 4.78 is 2.06. The Labute approximate surface area is 147 Å². The van der Waals surface area contributed by atoms with E-state index in [1.165, 1.54) is 12.8 Å². The normalized spacial score (nSPS) is 24.1. The van der Waals surface area contributed by atoms with Crippen LogP contribution < -0.4 is 5.32 Å². The standard InChI is InChI=1S/C18H23ClN4O/c19-18-9-17(21-13-3-1-12(11-24)2-4-13)15(10-20-18)16-7-8-23(22-16)14-5-6-14/h7-10,12-14,24H,1-6,11H2,(H,20,21). The first-order valence-electron chi connectivity index (χ1n) is 8.81. The van der Waals surface area contributed by atoms with Gasteiger partial charge in [0.1, 0.15) is 5.15 Å². The molecular weight excluding hydrogens is 324 g/mol. The molecule has 2 heterocycles. The van der Waals surface area contributed by atoms with Gasteiger partial charge in [0.25, 0.3) is 0 Å². The summed E-state index contributed by atoms with van der Waals surface area (Å²) >= 11 is 6.12. The van der Waals surface area contributed by atoms with E-state index in [0.29, 0.717) is 29.8 Å². The molecule has 0 atom stereocenters. The molecule has 0 radical (unpaired) electrons. The zero-order valence-electron chi connectivity index (χ0n) is 13.7.